The van der Waals surface area contributed by atoms with Gasteiger partial charge in [-0.2, -0.15) is 0 Å². The summed E-state index contributed by atoms with van der Waals surface area (Å²) in [5, 5.41) is 6.30. The minimum absolute atomic E-state index is 0.0823. The van der Waals surface area contributed by atoms with Crippen molar-refractivity contribution in [2.45, 2.75) is 33.3 Å². The van der Waals surface area contributed by atoms with Crippen LogP contribution < -0.4 is 10.6 Å². The molecular weight excluding hydrogens is 572 g/mol. The van der Waals surface area contributed by atoms with Crippen molar-refractivity contribution in [1.29, 1.82) is 0 Å². The molecule has 1 fully saturated rings. The van der Waals surface area contributed by atoms with Gasteiger partial charge in [0.1, 0.15) is 5.60 Å². The molecule has 10 heteroatoms. The van der Waals surface area contributed by atoms with Gasteiger partial charge >= 0.3 is 11.9 Å². The molecule has 45 heavy (non-hydrogen) atoms. The van der Waals surface area contributed by atoms with Gasteiger partial charge in [0.2, 0.25) is 0 Å². The Kier molecular flexibility index (Phi) is 9.06. The number of fused-ring (bicyclic) bond motifs is 1. The highest BCUT2D eigenvalue weighted by Crippen LogP contribution is 2.39. The maximum Gasteiger partial charge on any atom is 0.338 e. The van der Waals surface area contributed by atoms with E-state index in [9.17, 15) is 19.2 Å². The molecule has 2 aliphatic heterocycles. The Bertz CT molecular complexity index is 1650. The molecule has 234 valence electrons. The number of piperazine rings is 1. The van der Waals surface area contributed by atoms with E-state index in [0.717, 1.165) is 5.56 Å². The van der Waals surface area contributed by atoms with Gasteiger partial charge in [-0.25, -0.2) is 4.79 Å². The highest BCUT2D eigenvalue weighted by molar-refractivity contribution is 6.37. The summed E-state index contributed by atoms with van der Waals surface area (Å²) in [5.41, 5.74) is 4.84. The molecule has 0 saturated carbocycles. The predicted octanol–water partition coefficient (Wildman–Crippen LogP) is 4.81. The predicted molar refractivity (Wildman–Crippen MR) is 173 cm³/mol. The molecule has 0 aromatic heterocycles. The molecule has 0 spiro atoms. The number of hydrogen-bond donors (Lipinski definition) is 2. The van der Waals surface area contributed by atoms with Crippen molar-refractivity contribution in [2.75, 3.05) is 50.5 Å². The Morgan fingerprint density at radius 2 is 1.58 bits per heavy atom. The van der Waals surface area contributed by atoms with Crippen molar-refractivity contribution in [3.8, 4) is 0 Å². The van der Waals surface area contributed by atoms with Crippen LogP contribution in [0.1, 0.15) is 58.2 Å². The van der Waals surface area contributed by atoms with E-state index in [1.165, 1.54) is 7.11 Å². The lowest BCUT2D eigenvalue weighted by Crippen LogP contribution is -2.50. The Balaban J connectivity index is 1.34. The van der Waals surface area contributed by atoms with Crippen LogP contribution in [0.25, 0.3) is 11.3 Å². The number of nitrogens with one attached hydrogen (secondary N) is 2. The molecule has 0 atom stereocenters. The third kappa shape index (κ3) is 7.24. The molecule has 1 saturated heterocycles. The van der Waals surface area contributed by atoms with E-state index in [2.05, 4.69) is 10.6 Å². The van der Waals surface area contributed by atoms with Gasteiger partial charge < -0.3 is 25.0 Å². The average molecular weight is 611 g/mol. The van der Waals surface area contributed by atoms with E-state index in [-0.39, 0.29) is 24.3 Å². The second-order valence-corrected chi connectivity index (χ2v) is 12.1. The minimum Gasteiger partial charge on any atom is -0.465 e. The highest BCUT2D eigenvalue weighted by atomic mass is 16.6. The minimum atomic E-state index is -0.531. The third-order valence-corrected chi connectivity index (χ3v) is 7.66. The number of methoxy groups -OCH3 is 1. The second kappa shape index (κ2) is 13.0. The highest BCUT2D eigenvalue weighted by Gasteiger charge is 2.31. The first-order valence-corrected chi connectivity index (χ1v) is 14.9. The summed E-state index contributed by atoms with van der Waals surface area (Å²) in [6.45, 7) is 9.73. The van der Waals surface area contributed by atoms with Gasteiger partial charge in [0.05, 0.1) is 36.2 Å². The standard InChI is InChI=1S/C35H38N4O6/c1-22-19-27-28(20-26(22)34(43)44-5)37-32(41)30(27)31(23-9-7-6-8-10-23)36-25-13-11-24(12-14-25)33(42)39-17-15-38(16-18-39)21-29(40)45-35(2,3)4/h6-14,19-20,36H,15-18,21H2,1-5H3,(H,37,41)/b31-30-. The van der Waals surface area contributed by atoms with Crippen LogP contribution >= 0.6 is 0 Å². The molecule has 0 unspecified atom stereocenters. The van der Waals surface area contributed by atoms with Gasteiger partial charge in [-0.3, -0.25) is 19.3 Å². The quantitative estimate of drug-likeness (QED) is 0.289. The largest absolute Gasteiger partial charge is 0.465 e. The number of carbonyl (C=O) groups excluding carboxylic acids is 4. The van der Waals surface area contributed by atoms with E-state index >= 15 is 0 Å². The van der Waals surface area contributed by atoms with Crippen LogP contribution in [0.3, 0.4) is 0 Å². The van der Waals surface area contributed by atoms with Crippen LogP contribution in [0.4, 0.5) is 11.4 Å². The van der Waals surface area contributed by atoms with Crippen LogP contribution in [-0.2, 0) is 19.1 Å². The summed E-state index contributed by atoms with van der Waals surface area (Å²) in [5.74, 6) is -1.12. The van der Waals surface area contributed by atoms with Crippen molar-refractivity contribution in [2.24, 2.45) is 0 Å². The Morgan fingerprint density at radius 3 is 2.20 bits per heavy atom. The fourth-order valence-corrected chi connectivity index (χ4v) is 5.48. The van der Waals surface area contributed by atoms with Crippen molar-refractivity contribution >= 4 is 46.4 Å². The molecule has 0 radical (unpaired) electrons. The lowest BCUT2D eigenvalue weighted by Gasteiger charge is -2.34. The molecule has 0 bridgehead atoms. The zero-order chi connectivity index (χ0) is 32.3. The molecule has 2 N–H and O–H groups in total. The molecule has 2 heterocycles. The number of rotatable bonds is 7. The van der Waals surface area contributed by atoms with Gasteiger partial charge in [-0.1, -0.05) is 30.3 Å². The maximum atomic E-state index is 13.4. The molecule has 2 aliphatic rings. The summed E-state index contributed by atoms with van der Waals surface area (Å²) in [4.78, 5) is 54.9. The van der Waals surface area contributed by atoms with Crippen LogP contribution in [0.15, 0.2) is 66.7 Å². The fraction of sp³-hybridized carbons (Fsp3) is 0.314. The first-order valence-electron chi connectivity index (χ1n) is 14.9. The first kappa shape index (κ1) is 31.5. The van der Waals surface area contributed by atoms with Crippen LogP contribution in [0, 0.1) is 6.92 Å². The Morgan fingerprint density at radius 1 is 0.911 bits per heavy atom. The van der Waals surface area contributed by atoms with E-state index < -0.39 is 11.6 Å². The monoisotopic (exact) mass is 610 g/mol. The number of nitrogens with zero attached hydrogens (tertiary/aromatic N) is 2. The summed E-state index contributed by atoms with van der Waals surface area (Å²) < 4.78 is 10.3. The zero-order valence-corrected chi connectivity index (χ0v) is 26.2. The molecule has 0 aliphatic carbocycles. The molecular formula is C35H38N4O6. The van der Waals surface area contributed by atoms with E-state index in [0.29, 0.717) is 71.1 Å². The van der Waals surface area contributed by atoms with Gasteiger partial charge in [0.15, 0.2) is 0 Å². The maximum absolute atomic E-state index is 13.4. The van der Waals surface area contributed by atoms with E-state index in [1.807, 2.05) is 74.2 Å². The Hall–Kier alpha value is -4.96. The van der Waals surface area contributed by atoms with Gasteiger partial charge in [-0.15, -0.1) is 0 Å². The molecule has 5 rings (SSSR count). The fourth-order valence-electron chi connectivity index (χ4n) is 5.48. The zero-order valence-electron chi connectivity index (χ0n) is 26.2. The normalized spacial score (nSPS) is 16.0. The van der Waals surface area contributed by atoms with E-state index in [1.54, 1.807) is 30.0 Å². The van der Waals surface area contributed by atoms with Gasteiger partial charge in [0.25, 0.3) is 11.8 Å². The van der Waals surface area contributed by atoms with Crippen molar-refractivity contribution in [3.05, 3.63) is 94.5 Å². The third-order valence-electron chi connectivity index (χ3n) is 7.66. The number of benzene rings is 3. The number of aryl methyl sites for hydroxylation is 1. The molecule has 10 nitrogen and oxygen atoms in total. The topological polar surface area (TPSA) is 117 Å². The second-order valence-electron chi connectivity index (χ2n) is 12.1. The van der Waals surface area contributed by atoms with Crippen molar-refractivity contribution in [3.63, 3.8) is 0 Å². The lowest BCUT2D eigenvalue weighted by atomic mass is 9.96. The number of amides is 2. The number of ether oxygens (including phenoxy) is 2. The number of hydrogen-bond acceptors (Lipinski definition) is 8. The number of carbonyl (C=O) groups is 4. The smallest absolute Gasteiger partial charge is 0.338 e. The van der Waals surface area contributed by atoms with Crippen LogP contribution in [0.2, 0.25) is 0 Å². The summed E-state index contributed by atoms with van der Waals surface area (Å²) in [6, 6.07) is 20.1. The number of esters is 2. The van der Waals surface area contributed by atoms with Gasteiger partial charge in [-0.05, 0) is 75.2 Å². The summed E-state index contributed by atoms with van der Waals surface area (Å²) >= 11 is 0. The number of anilines is 2. The first-order chi connectivity index (χ1) is 21.4. The van der Waals surface area contributed by atoms with Gasteiger partial charge in [0, 0.05) is 43.0 Å². The summed E-state index contributed by atoms with van der Waals surface area (Å²) in [7, 11) is 1.32. The van der Waals surface area contributed by atoms with Crippen LogP contribution in [0.5, 0.6) is 0 Å². The average Bonchev–Trinajstić information content (AvgIpc) is 3.32. The van der Waals surface area contributed by atoms with E-state index in [4.69, 9.17) is 9.47 Å². The molecule has 2 amide bonds. The van der Waals surface area contributed by atoms with Crippen LogP contribution in [-0.4, -0.2) is 79.0 Å². The SMILES string of the molecule is COC(=O)c1cc2c(cc1C)/C(=C(/Nc1ccc(C(=O)N3CCN(CC(=O)OC(C)(C)C)CC3)cc1)c1ccccc1)C(=O)N2. The Labute approximate surface area is 263 Å². The lowest BCUT2D eigenvalue weighted by molar-refractivity contribution is -0.156. The summed E-state index contributed by atoms with van der Waals surface area (Å²) in [6.07, 6.45) is 0. The van der Waals surface area contributed by atoms with Crippen molar-refractivity contribution in [1.82, 2.24) is 9.80 Å². The van der Waals surface area contributed by atoms with Crippen molar-refractivity contribution < 1.29 is 28.7 Å². The molecule has 3 aromatic carbocycles. The molecule has 3 aromatic rings.